The highest BCUT2D eigenvalue weighted by Gasteiger charge is 2.20. The molecule has 0 fully saturated rings. The van der Waals surface area contributed by atoms with Gasteiger partial charge in [0.15, 0.2) is 5.82 Å². The molecule has 4 rings (SSSR count). The molecule has 1 aromatic carbocycles. The predicted molar refractivity (Wildman–Crippen MR) is 94.4 cm³/mol. The Morgan fingerprint density at radius 3 is 2.80 bits per heavy atom. The molecular weight excluding hydrogens is 362 g/mol. The molecule has 126 valence electrons. The maximum atomic E-state index is 10.7. The number of nitrogens with zero attached hydrogens (tertiary/aromatic N) is 5. The van der Waals surface area contributed by atoms with E-state index in [1.54, 1.807) is 39.9 Å². The Morgan fingerprint density at radius 1 is 1.24 bits per heavy atom. The molecule has 2 aromatic heterocycles. The van der Waals surface area contributed by atoms with Crippen molar-refractivity contribution in [2.45, 2.75) is 11.8 Å². The van der Waals surface area contributed by atoms with Gasteiger partial charge in [0, 0.05) is 17.9 Å². The largest absolute Gasteiger partial charge is 0.486 e. The standard InChI is InChI=1S/C15H11N5O3S2/c21-20(22)10-3-5-11(6-4-10)23-8-14-16-17-15-19(14)18-12(9-25-15)13-2-1-7-24-13/h1-7H,8-9H2. The number of thioether (sulfide) groups is 1. The first-order valence-corrected chi connectivity index (χ1v) is 9.13. The van der Waals surface area contributed by atoms with Crippen LogP contribution in [0.1, 0.15) is 10.7 Å². The molecule has 0 atom stereocenters. The van der Waals surface area contributed by atoms with E-state index in [4.69, 9.17) is 4.74 Å². The first-order chi connectivity index (χ1) is 12.2. The second-order valence-corrected chi connectivity index (χ2v) is 6.95. The first kappa shape index (κ1) is 15.8. The highest BCUT2D eigenvalue weighted by atomic mass is 32.2. The topological polar surface area (TPSA) is 95.4 Å². The van der Waals surface area contributed by atoms with Crippen LogP contribution in [0.2, 0.25) is 0 Å². The Balaban J connectivity index is 1.52. The summed E-state index contributed by atoms with van der Waals surface area (Å²) in [4.78, 5) is 11.3. The van der Waals surface area contributed by atoms with Crippen LogP contribution in [0.15, 0.2) is 52.0 Å². The van der Waals surface area contributed by atoms with Crippen molar-refractivity contribution < 1.29 is 9.66 Å². The van der Waals surface area contributed by atoms with Crippen LogP contribution in [-0.4, -0.2) is 31.3 Å². The molecule has 3 heterocycles. The number of nitro benzene ring substituents is 1. The number of hydrogen-bond donors (Lipinski definition) is 0. The maximum absolute atomic E-state index is 10.7. The van der Waals surface area contributed by atoms with E-state index >= 15 is 0 Å². The third kappa shape index (κ3) is 3.26. The van der Waals surface area contributed by atoms with E-state index in [1.807, 2.05) is 17.5 Å². The summed E-state index contributed by atoms with van der Waals surface area (Å²) in [5, 5.41) is 26.3. The fraction of sp³-hybridized carbons (Fsp3) is 0.133. The van der Waals surface area contributed by atoms with E-state index < -0.39 is 4.92 Å². The summed E-state index contributed by atoms with van der Waals surface area (Å²) < 4.78 is 7.34. The molecule has 0 amide bonds. The van der Waals surface area contributed by atoms with Crippen molar-refractivity contribution in [3.05, 3.63) is 62.6 Å². The number of hydrogen-bond acceptors (Lipinski definition) is 8. The van der Waals surface area contributed by atoms with Gasteiger partial charge in [-0.3, -0.25) is 10.1 Å². The minimum Gasteiger partial charge on any atom is -0.486 e. The average Bonchev–Trinajstić information content (AvgIpc) is 3.30. The summed E-state index contributed by atoms with van der Waals surface area (Å²) in [6.45, 7) is 0.173. The molecule has 0 saturated heterocycles. The van der Waals surface area contributed by atoms with Crippen LogP contribution in [0.4, 0.5) is 5.69 Å². The van der Waals surface area contributed by atoms with E-state index in [0.717, 1.165) is 21.5 Å². The zero-order valence-corrected chi connectivity index (χ0v) is 14.4. The minimum atomic E-state index is -0.448. The van der Waals surface area contributed by atoms with Gasteiger partial charge in [-0.1, -0.05) is 17.8 Å². The van der Waals surface area contributed by atoms with Gasteiger partial charge in [0.05, 0.1) is 15.5 Å². The van der Waals surface area contributed by atoms with Crippen LogP contribution in [0.3, 0.4) is 0 Å². The average molecular weight is 373 g/mol. The maximum Gasteiger partial charge on any atom is 0.269 e. The summed E-state index contributed by atoms with van der Waals surface area (Å²) in [5.41, 5.74) is 0.998. The fourth-order valence-electron chi connectivity index (χ4n) is 2.23. The minimum absolute atomic E-state index is 0.0220. The molecule has 10 heteroatoms. The molecule has 0 unspecified atom stereocenters. The van der Waals surface area contributed by atoms with E-state index in [0.29, 0.717) is 11.6 Å². The van der Waals surface area contributed by atoms with E-state index in [9.17, 15) is 10.1 Å². The van der Waals surface area contributed by atoms with Crippen molar-refractivity contribution in [3.63, 3.8) is 0 Å². The summed E-state index contributed by atoms with van der Waals surface area (Å²) in [5.74, 6) is 1.85. The van der Waals surface area contributed by atoms with Gasteiger partial charge in [0.2, 0.25) is 5.16 Å². The lowest BCUT2D eigenvalue weighted by molar-refractivity contribution is -0.384. The van der Waals surface area contributed by atoms with Gasteiger partial charge in [0.1, 0.15) is 12.4 Å². The Labute approximate surface area is 150 Å². The van der Waals surface area contributed by atoms with Crippen LogP contribution >= 0.6 is 23.1 Å². The van der Waals surface area contributed by atoms with Crippen LogP contribution in [0.25, 0.3) is 0 Å². The predicted octanol–water partition coefficient (Wildman–Crippen LogP) is 3.18. The monoisotopic (exact) mass is 373 g/mol. The number of non-ortho nitro benzene ring substituents is 1. The Bertz CT molecular complexity index is 935. The summed E-state index contributed by atoms with van der Waals surface area (Å²) in [6, 6.07) is 9.94. The lowest BCUT2D eigenvalue weighted by atomic mass is 10.3. The number of rotatable bonds is 5. The third-order valence-electron chi connectivity index (χ3n) is 3.46. The smallest absolute Gasteiger partial charge is 0.269 e. The molecule has 0 aliphatic carbocycles. The SMILES string of the molecule is O=[N+]([O-])c1ccc(OCc2nnc3n2N=C(c2cccs2)CS3)cc1. The first-order valence-electron chi connectivity index (χ1n) is 7.27. The second-order valence-electron chi connectivity index (χ2n) is 5.06. The van der Waals surface area contributed by atoms with Crippen molar-refractivity contribution in [2.75, 3.05) is 5.75 Å². The van der Waals surface area contributed by atoms with Gasteiger partial charge in [0.25, 0.3) is 5.69 Å². The summed E-state index contributed by atoms with van der Waals surface area (Å²) in [6.07, 6.45) is 0. The normalized spacial score (nSPS) is 13.2. The second kappa shape index (κ2) is 6.65. The molecule has 1 aliphatic rings. The highest BCUT2D eigenvalue weighted by molar-refractivity contribution is 7.99. The number of nitro groups is 1. The zero-order chi connectivity index (χ0) is 17.2. The van der Waals surface area contributed by atoms with Crippen LogP contribution in [0, 0.1) is 10.1 Å². The number of fused-ring (bicyclic) bond motifs is 1. The molecule has 0 bridgehead atoms. The highest BCUT2D eigenvalue weighted by Crippen LogP contribution is 2.26. The van der Waals surface area contributed by atoms with Gasteiger partial charge in [-0.15, -0.1) is 21.5 Å². The van der Waals surface area contributed by atoms with Crippen LogP contribution in [-0.2, 0) is 6.61 Å². The molecular formula is C15H11N5O3S2. The molecule has 0 N–H and O–H groups in total. The van der Waals surface area contributed by atoms with Gasteiger partial charge < -0.3 is 4.74 Å². The van der Waals surface area contributed by atoms with Crippen LogP contribution in [0.5, 0.6) is 5.75 Å². The fourth-order valence-corrected chi connectivity index (χ4v) is 3.88. The zero-order valence-electron chi connectivity index (χ0n) is 12.7. The summed E-state index contributed by atoms with van der Waals surface area (Å²) in [7, 11) is 0. The molecule has 8 nitrogen and oxygen atoms in total. The molecule has 0 radical (unpaired) electrons. The number of ether oxygens (including phenoxy) is 1. The number of thiophene rings is 1. The van der Waals surface area contributed by atoms with Crippen molar-refractivity contribution in [1.29, 1.82) is 0 Å². The van der Waals surface area contributed by atoms with Crippen LogP contribution < -0.4 is 4.74 Å². The van der Waals surface area contributed by atoms with Gasteiger partial charge in [-0.25, -0.2) is 0 Å². The molecule has 3 aromatic rings. The van der Waals surface area contributed by atoms with Gasteiger partial charge in [-0.2, -0.15) is 9.78 Å². The van der Waals surface area contributed by atoms with E-state index in [-0.39, 0.29) is 12.3 Å². The Hall–Kier alpha value is -2.72. The third-order valence-corrected chi connectivity index (χ3v) is 5.31. The van der Waals surface area contributed by atoms with E-state index in [2.05, 4.69) is 15.3 Å². The Morgan fingerprint density at radius 2 is 2.08 bits per heavy atom. The Kier molecular flexibility index (Phi) is 4.20. The van der Waals surface area contributed by atoms with Crippen molar-refractivity contribution in [2.24, 2.45) is 5.10 Å². The lowest BCUT2D eigenvalue weighted by Gasteiger charge is -2.12. The van der Waals surface area contributed by atoms with E-state index in [1.165, 1.54) is 12.1 Å². The van der Waals surface area contributed by atoms with Crippen molar-refractivity contribution in [3.8, 4) is 5.75 Å². The summed E-state index contributed by atoms with van der Waals surface area (Å²) >= 11 is 3.22. The molecule has 1 aliphatic heterocycles. The van der Waals surface area contributed by atoms with Gasteiger partial charge in [-0.05, 0) is 23.6 Å². The molecule has 25 heavy (non-hydrogen) atoms. The molecule has 0 spiro atoms. The van der Waals surface area contributed by atoms with Crippen molar-refractivity contribution >= 4 is 34.5 Å². The quantitative estimate of drug-likeness (QED) is 0.503. The molecule has 0 saturated carbocycles. The number of aromatic nitrogens is 3. The lowest BCUT2D eigenvalue weighted by Crippen LogP contribution is -2.14. The van der Waals surface area contributed by atoms with Gasteiger partial charge >= 0.3 is 0 Å². The number of benzene rings is 1. The van der Waals surface area contributed by atoms with Crippen molar-refractivity contribution in [1.82, 2.24) is 14.9 Å².